The second-order valence-electron chi connectivity index (χ2n) is 25.3. The van der Waals surface area contributed by atoms with Gasteiger partial charge < -0.3 is 86.9 Å². The molecule has 6 aliphatic heterocycles. The topological polar surface area (TPSA) is 509 Å². The molecule has 90 heavy (non-hydrogen) atoms. The van der Waals surface area contributed by atoms with E-state index in [0.29, 0.717) is 51.1 Å². The van der Waals surface area contributed by atoms with Crippen LogP contribution in [0.15, 0.2) is 79.6 Å². The van der Waals surface area contributed by atoms with Crippen LogP contribution in [0.3, 0.4) is 0 Å². The van der Waals surface area contributed by atoms with E-state index in [4.69, 9.17) is 85.1 Å². The van der Waals surface area contributed by atoms with Crippen LogP contribution in [0.1, 0.15) is 133 Å². The van der Waals surface area contributed by atoms with Crippen molar-refractivity contribution in [1.82, 2.24) is 5.32 Å². The molecule has 0 aliphatic carbocycles. The number of nitrogens with one attached hydrogen (secondary N) is 1. The number of phosphoric ester groups is 1. The molecular formula is C60H87CoN12O16P+. The Hall–Kier alpha value is -6.71. The van der Waals surface area contributed by atoms with E-state index in [1.807, 2.05) is 54.5 Å². The Balaban J connectivity index is 0.00000428. The van der Waals surface area contributed by atoms with Crippen LogP contribution < -0.4 is 44.5 Å². The van der Waals surface area contributed by atoms with Gasteiger partial charge in [0.25, 0.3) is 0 Å². The number of hydrogen-bond donors (Lipinski definition) is 10. The monoisotopic (exact) mass is 1320 g/mol. The number of benzene rings is 1. The maximum Gasteiger partial charge on any atom is 3.00 e. The molecule has 15 unspecified atom stereocenters. The number of phosphoric acid groups is 1. The fraction of sp³-hybridized carbons (Fsp3) is 0.617. The molecule has 0 radical (unpaired) electrons. The number of nitrogens with zero attached hydrogens (tertiary/aromatic N) is 5. The van der Waals surface area contributed by atoms with Gasteiger partial charge in [0.1, 0.15) is 24.1 Å². The van der Waals surface area contributed by atoms with Crippen LogP contribution in [0.25, 0.3) is 5.32 Å². The molecule has 2 fully saturated rings. The number of aliphatic hydroxyl groups excluding tert-OH is 2. The van der Waals surface area contributed by atoms with E-state index in [9.17, 15) is 53.2 Å². The zero-order valence-electron chi connectivity index (χ0n) is 52.2. The fourth-order valence-electron chi connectivity index (χ4n) is 14.3. The maximum atomic E-state index is 14.3. The number of carbonyl (C=O) groups is 7. The maximum absolute atomic E-state index is 14.3. The molecule has 6 heterocycles. The van der Waals surface area contributed by atoms with Gasteiger partial charge in [0.2, 0.25) is 47.6 Å². The summed E-state index contributed by atoms with van der Waals surface area (Å²) in [6, 6.07) is 7.27. The minimum absolute atomic E-state index is 0. The predicted octanol–water partition coefficient (Wildman–Crippen LogP) is 2.46. The standard InChI is InChI=1S/C59H86N11O15P.CN.Co.H2O/c1-29(84-86(80,81)85-50-38(28-71)83-54(49(50)79)82-32-13-11-10-12-14-32)27-66-46(78)21-22-56(6)36(23-43(63)75)53-59(9)58(8,26-45(65)77)35(17-20-42(62)74)48(70-59)31(3)52-57(7,25-44(64)76)33(15-18-40(60)72)37(67-52)24-39-55(4,5)34(16-19-41(61)73)47(68-39)30(2)51(56)69-53;1-2;;/h10-14,24,29,33-36,38,49-50,53-54,71,79H,15-23,25-28H2,1-9H3,(H15,60,61,62,63,64,65,66,67,68,69,70,72,73,74,75,76,77,78,80,81);;;1H2/q;-1;+3;/p-1. The van der Waals surface area contributed by atoms with Crippen molar-refractivity contribution in [3.05, 3.63) is 76.5 Å². The Bertz CT molecular complexity index is 3190. The summed E-state index contributed by atoms with van der Waals surface area (Å²) >= 11 is 0. The SMILES string of the molecule is C/C1=C2N=C(/C=C3N=C(/C(C)=C4\[N-]C(C(CC(N)=O)C4(C)CCC(=O)NCC(C)OP(=O)(O)OC4C(CO)OC(Oc5ccccc5)C4O)C4(C)N=C1C(CCC(N)=O)C4(C)CC(N)=O)C(CCC(N)=O)C\3(C)C)C(CCC(N)=O)C/2(C)CC(N)=O.O.[C-]#N.[Co+3]. The van der Waals surface area contributed by atoms with E-state index < -0.39 is 143 Å². The average molecular weight is 1320 g/mol. The van der Waals surface area contributed by atoms with Crippen LogP contribution in [0, 0.1) is 57.2 Å². The molecule has 28 nitrogen and oxygen atoms in total. The van der Waals surface area contributed by atoms with Crippen LogP contribution in [-0.4, -0.2) is 135 Å². The first-order valence-electron chi connectivity index (χ1n) is 29.2. The number of rotatable bonds is 27. The zero-order valence-corrected chi connectivity index (χ0v) is 54.1. The van der Waals surface area contributed by atoms with Gasteiger partial charge in [0.05, 0.1) is 23.9 Å². The molecule has 8 bridgehead atoms. The number of nitrogens with two attached hydrogens (primary N) is 6. The van der Waals surface area contributed by atoms with Crippen molar-refractivity contribution in [1.29, 1.82) is 5.26 Å². The summed E-state index contributed by atoms with van der Waals surface area (Å²) in [6.45, 7) is 20.0. The summed E-state index contributed by atoms with van der Waals surface area (Å²) in [5, 5.41) is 35.7. The molecule has 30 heteroatoms. The molecule has 1 aromatic carbocycles. The zero-order chi connectivity index (χ0) is 65.8. The second kappa shape index (κ2) is 29.7. The Kier molecular flexibility index (Phi) is 25.0. The minimum Gasteiger partial charge on any atom is -0.682 e. The number of carbonyl (C=O) groups excluding carboxylic acids is 7. The summed E-state index contributed by atoms with van der Waals surface area (Å²) in [5.41, 5.74) is 33.5. The number of allylic oxidation sites excluding steroid dienone is 6. The van der Waals surface area contributed by atoms with Crippen molar-refractivity contribution in [2.75, 3.05) is 13.2 Å². The molecule has 1 aromatic rings. The average Bonchev–Trinajstić information content (AvgIpc) is 1.55. The Morgan fingerprint density at radius 1 is 0.789 bits per heavy atom. The van der Waals surface area contributed by atoms with E-state index in [0.717, 1.165) is 0 Å². The summed E-state index contributed by atoms with van der Waals surface area (Å²) in [4.78, 5) is 120. The first kappa shape index (κ1) is 75.7. The quantitative estimate of drug-likeness (QED) is 0.0447. The molecule has 0 spiro atoms. The predicted molar refractivity (Wildman–Crippen MR) is 325 cm³/mol. The van der Waals surface area contributed by atoms with E-state index in [1.54, 1.807) is 37.3 Å². The van der Waals surface area contributed by atoms with Crippen molar-refractivity contribution in [3.8, 4) is 5.75 Å². The van der Waals surface area contributed by atoms with Gasteiger partial charge in [-0.2, -0.15) is 5.70 Å². The molecule has 7 rings (SSSR count). The van der Waals surface area contributed by atoms with E-state index >= 15 is 0 Å². The smallest absolute Gasteiger partial charge is 0.682 e. The Labute approximate surface area is 534 Å². The van der Waals surface area contributed by atoms with Crippen LogP contribution >= 0.6 is 7.82 Å². The van der Waals surface area contributed by atoms with Crippen molar-refractivity contribution in [2.45, 2.75) is 175 Å². The second-order valence-corrected chi connectivity index (χ2v) is 26.7. The first-order valence-corrected chi connectivity index (χ1v) is 30.7. The molecule has 7 amide bonds. The number of para-hydroxylation sites is 1. The van der Waals surface area contributed by atoms with Crippen molar-refractivity contribution in [2.24, 2.45) is 94.7 Å². The Morgan fingerprint density at radius 3 is 1.90 bits per heavy atom. The number of hydrogen-bond acceptors (Lipinski definition) is 18. The Morgan fingerprint density at radius 2 is 1.36 bits per heavy atom. The first-order chi connectivity index (χ1) is 41.0. The number of aliphatic imine (C=N–C) groups is 3. The number of aliphatic hydroxyl groups is 2. The van der Waals surface area contributed by atoms with Crippen LogP contribution in [-0.2, 0) is 68.7 Å². The molecule has 496 valence electrons. The van der Waals surface area contributed by atoms with Gasteiger partial charge in [0, 0.05) is 108 Å². The minimum atomic E-state index is -5.04. The fourth-order valence-corrected chi connectivity index (χ4v) is 15.5. The molecule has 6 aliphatic rings. The largest absolute Gasteiger partial charge is 3.00 e. The van der Waals surface area contributed by atoms with Gasteiger partial charge in [-0.3, -0.25) is 57.6 Å². The van der Waals surface area contributed by atoms with E-state index in [1.165, 1.54) is 6.92 Å². The van der Waals surface area contributed by atoms with Gasteiger partial charge in [-0.1, -0.05) is 58.9 Å². The van der Waals surface area contributed by atoms with Crippen molar-refractivity contribution >= 4 is 66.3 Å². The summed E-state index contributed by atoms with van der Waals surface area (Å²) < 4.78 is 35.5. The van der Waals surface area contributed by atoms with Gasteiger partial charge >= 0.3 is 24.6 Å². The number of fused-ring (bicyclic) bond motifs is 6. The summed E-state index contributed by atoms with van der Waals surface area (Å²) in [7, 11) is -5.04. The van der Waals surface area contributed by atoms with Crippen molar-refractivity contribution in [3.63, 3.8) is 0 Å². The van der Waals surface area contributed by atoms with Gasteiger partial charge in [-0.25, -0.2) is 4.57 Å². The summed E-state index contributed by atoms with van der Waals surface area (Å²) in [6.07, 6.45) is -6.25. The van der Waals surface area contributed by atoms with Crippen molar-refractivity contribution < 1.29 is 94.0 Å². The van der Waals surface area contributed by atoms with Crippen LogP contribution in [0.5, 0.6) is 5.75 Å². The van der Waals surface area contributed by atoms with Gasteiger partial charge in [-0.05, 0) is 94.1 Å². The molecular weight excluding hydrogens is 1230 g/mol. The van der Waals surface area contributed by atoms with Crippen LogP contribution in [0.2, 0.25) is 0 Å². The molecule has 2 saturated heterocycles. The number of amides is 7. The van der Waals surface area contributed by atoms with Crippen LogP contribution in [0.4, 0.5) is 0 Å². The molecule has 0 aromatic heterocycles. The number of ether oxygens (including phenoxy) is 2. The summed E-state index contributed by atoms with van der Waals surface area (Å²) in [5.74, 6) is -7.03. The third-order valence-corrected chi connectivity index (χ3v) is 20.1. The normalized spacial score (nSPS) is 33.6. The number of primary amides is 6. The molecule has 0 saturated carbocycles. The molecule has 15 atom stereocenters. The van der Waals surface area contributed by atoms with Gasteiger partial charge in [-0.15, -0.1) is 0 Å². The van der Waals surface area contributed by atoms with E-state index in [2.05, 4.69) is 5.32 Å². The third-order valence-electron chi connectivity index (χ3n) is 19.0. The third kappa shape index (κ3) is 15.6. The van der Waals surface area contributed by atoms with Gasteiger partial charge in [0.15, 0.2) is 0 Å². The van der Waals surface area contributed by atoms with E-state index in [-0.39, 0.29) is 99.4 Å². The molecule has 18 N–H and O–H groups in total.